The van der Waals surface area contributed by atoms with Crippen LogP contribution in [0.2, 0.25) is 0 Å². The van der Waals surface area contributed by atoms with Crippen LogP contribution in [0.3, 0.4) is 0 Å². The van der Waals surface area contributed by atoms with Gasteiger partial charge in [-0.3, -0.25) is 0 Å². The lowest BCUT2D eigenvalue weighted by Gasteiger charge is -2.12. The van der Waals surface area contributed by atoms with Gasteiger partial charge in [0.05, 0.1) is 21.8 Å². The van der Waals surface area contributed by atoms with Crippen LogP contribution >= 0.6 is 0 Å². The van der Waals surface area contributed by atoms with Gasteiger partial charge in [0.15, 0.2) is 0 Å². The standard InChI is InChI=1S/C19H16O5S2/c1-24-18-13-12-17(25(20,21)15-8-4-2-5-9-15)14-19(18)26(22,23)16-10-6-3-7-11-16/h2-14H,1H3. The fourth-order valence-corrected chi connectivity index (χ4v) is 5.35. The van der Waals surface area contributed by atoms with Crippen molar-refractivity contribution in [2.24, 2.45) is 0 Å². The maximum atomic E-state index is 13.0. The zero-order chi connectivity index (χ0) is 18.8. The van der Waals surface area contributed by atoms with Crippen LogP contribution in [-0.4, -0.2) is 23.9 Å². The van der Waals surface area contributed by atoms with Crippen molar-refractivity contribution in [1.82, 2.24) is 0 Å². The molecular formula is C19H16O5S2. The van der Waals surface area contributed by atoms with E-state index >= 15 is 0 Å². The van der Waals surface area contributed by atoms with Gasteiger partial charge in [0.1, 0.15) is 10.6 Å². The van der Waals surface area contributed by atoms with E-state index in [1.54, 1.807) is 36.4 Å². The Morgan fingerprint density at radius 1 is 0.615 bits per heavy atom. The molecule has 0 heterocycles. The lowest BCUT2D eigenvalue weighted by atomic mass is 10.3. The fourth-order valence-electron chi connectivity index (χ4n) is 2.50. The van der Waals surface area contributed by atoms with Gasteiger partial charge >= 0.3 is 0 Å². The van der Waals surface area contributed by atoms with E-state index in [1.807, 2.05) is 0 Å². The van der Waals surface area contributed by atoms with Crippen LogP contribution in [0.4, 0.5) is 0 Å². The first-order valence-electron chi connectivity index (χ1n) is 7.65. The van der Waals surface area contributed by atoms with Gasteiger partial charge in [-0.15, -0.1) is 0 Å². The summed E-state index contributed by atoms with van der Waals surface area (Å²) in [5.41, 5.74) is 0. The molecular weight excluding hydrogens is 372 g/mol. The molecule has 7 heteroatoms. The van der Waals surface area contributed by atoms with Crippen LogP contribution in [0.25, 0.3) is 0 Å². The van der Waals surface area contributed by atoms with E-state index in [2.05, 4.69) is 0 Å². The molecule has 0 unspecified atom stereocenters. The van der Waals surface area contributed by atoms with Crippen LogP contribution in [-0.2, 0) is 19.7 Å². The number of hydrogen-bond acceptors (Lipinski definition) is 5. The number of rotatable bonds is 5. The first kappa shape index (κ1) is 18.2. The summed E-state index contributed by atoms with van der Waals surface area (Å²) in [7, 11) is -6.45. The van der Waals surface area contributed by atoms with E-state index in [-0.39, 0.29) is 25.3 Å². The third kappa shape index (κ3) is 3.23. The number of hydrogen-bond donors (Lipinski definition) is 0. The van der Waals surface area contributed by atoms with Crippen molar-refractivity contribution in [1.29, 1.82) is 0 Å². The predicted octanol–water partition coefficient (Wildman–Crippen LogP) is 3.36. The zero-order valence-corrected chi connectivity index (χ0v) is 15.5. The van der Waals surface area contributed by atoms with Crippen molar-refractivity contribution in [3.63, 3.8) is 0 Å². The lowest BCUT2D eigenvalue weighted by Crippen LogP contribution is -2.08. The molecule has 0 radical (unpaired) electrons. The fraction of sp³-hybridized carbons (Fsp3) is 0.0526. The Kier molecular flexibility index (Phi) is 4.84. The van der Waals surface area contributed by atoms with Crippen LogP contribution < -0.4 is 4.74 Å². The normalized spacial score (nSPS) is 11.9. The molecule has 0 aliphatic carbocycles. The first-order valence-corrected chi connectivity index (χ1v) is 10.6. The maximum absolute atomic E-state index is 13.0. The van der Waals surface area contributed by atoms with E-state index in [0.29, 0.717) is 0 Å². The zero-order valence-electron chi connectivity index (χ0n) is 13.9. The molecule has 0 bridgehead atoms. The number of methoxy groups -OCH3 is 1. The molecule has 0 spiro atoms. The summed E-state index contributed by atoms with van der Waals surface area (Å²) in [4.78, 5) is -0.150. The van der Waals surface area contributed by atoms with Crippen LogP contribution in [0.5, 0.6) is 5.75 Å². The molecule has 3 aromatic carbocycles. The van der Waals surface area contributed by atoms with E-state index in [9.17, 15) is 16.8 Å². The van der Waals surface area contributed by atoms with Crippen molar-refractivity contribution in [3.05, 3.63) is 78.9 Å². The van der Waals surface area contributed by atoms with E-state index in [4.69, 9.17) is 4.74 Å². The van der Waals surface area contributed by atoms with Gasteiger partial charge in [0.2, 0.25) is 19.7 Å². The summed E-state index contributed by atoms with van der Waals surface area (Å²) in [5.74, 6) is 0.0841. The van der Waals surface area contributed by atoms with Crippen molar-refractivity contribution in [3.8, 4) is 5.75 Å². The smallest absolute Gasteiger partial charge is 0.210 e. The topological polar surface area (TPSA) is 77.5 Å². The van der Waals surface area contributed by atoms with E-state index in [0.717, 1.165) is 6.07 Å². The summed E-state index contributed by atoms with van der Waals surface area (Å²) in [6.45, 7) is 0. The second kappa shape index (κ2) is 6.93. The molecule has 3 aromatic rings. The SMILES string of the molecule is COc1ccc(S(=O)(=O)c2ccccc2)cc1S(=O)(=O)c1ccccc1. The average molecular weight is 388 g/mol. The minimum absolute atomic E-state index is 0.0626. The van der Waals surface area contributed by atoms with Crippen molar-refractivity contribution in [2.45, 2.75) is 19.6 Å². The van der Waals surface area contributed by atoms with Gasteiger partial charge in [-0.25, -0.2) is 16.8 Å². The van der Waals surface area contributed by atoms with Crippen LogP contribution in [0.1, 0.15) is 0 Å². The highest BCUT2D eigenvalue weighted by atomic mass is 32.2. The average Bonchev–Trinajstić information content (AvgIpc) is 2.68. The summed E-state index contributed by atoms with van der Waals surface area (Å²) in [5, 5.41) is 0. The molecule has 0 N–H and O–H groups in total. The molecule has 0 atom stereocenters. The van der Waals surface area contributed by atoms with Gasteiger partial charge in [-0.2, -0.15) is 0 Å². The highest BCUT2D eigenvalue weighted by Gasteiger charge is 2.26. The Morgan fingerprint density at radius 2 is 1.12 bits per heavy atom. The molecule has 0 aromatic heterocycles. The molecule has 0 fully saturated rings. The Balaban J connectivity index is 2.21. The maximum Gasteiger partial charge on any atom is 0.210 e. The van der Waals surface area contributed by atoms with Crippen LogP contribution in [0, 0.1) is 0 Å². The summed E-state index contributed by atoms with van der Waals surface area (Å²) in [6.07, 6.45) is 0. The van der Waals surface area contributed by atoms with Gasteiger partial charge < -0.3 is 4.74 Å². The second-order valence-electron chi connectivity index (χ2n) is 5.45. The Morgan fingerprint density at radius 3 is 1.62 bits per heavy atom. The molecule has 0 aliphatic rings. The quantitative estimate of drug-likeness (QED) is 0.670. The van der Waals surface area contributed by atoms with Crippen molar-refractivity contribution >= 4 is 19.7 Å². The van der Waals surface area contributed by atoms with Gasteiger partial charge in [0, 0.05) is 0 Å². The molecule has 0 aliphatic heterocycles. The third-order valence-electron chi connectivity index (χ3n) is 3.84. The molecule has 0 saturated carbocycles. The van der Waals surface area contributed by atoms with E-state index in [1.165, 1.54) is 43.5 Å². The molecule has 0 saturated heterocycles. The van der Waals surface area contributed by atoms with E-state index < -0.39 is 19.7 Å². The summed E-state index contributed by atoms with van der Waals surface area (Å²) < 4.78 is 56.7. The largest absolute Gasteiger partial charge is 0.495 e. The highest BCUT2D eigenvalue weighted by Crippen LogP contribution is 2.33. The minimum Gasteiger partial charge on any atom is -0.495 e. The molecule has 3 rings (SSSR count). The molecule has 5 nitrogen and oxygen atoms in total. The Labute approximate surface area is 152 Å². The number of sulfone groups is 2. The molecule has 26 heavy (non-hydrogen) atoms. The van der Waals surface area contributed by atoms with Gasteiger partial charge in [-0.1, -0.05) is 36.4 Å². The Hall–Kier alpha value is -2.64. The minimum atomic E-state index is -3.94. The summed E-state index contributed by atoms with van der Waals surface area (Å²) in [6, 6.07) is 19.5. The van der Waals surface area contributed by atoms with Crippen molar-refractivity contribution in [2.75, 3.05) is 7.11 Å². The van der Waals surface area contributed by atoms with Gasteiger partial charge in [0.25, 0.3) is 0 Å². The molecule has 134 valence electrons. The lowest BCUT2D eigenvalue weighted by molar-refractivity contribution is 0.402. The highest BCUT2D eigenvalue weighted by molar-refractivity contribution is 7.92. The monoisotopic (exact) mass is 388 g/mol. The number of ether oxygens (including phenoxy) is 1. The van der Waals surface area contributed by atoms with Crippen LogP contribution in [0.15, 0.2) is 98.4 Å². The first-order chi connectivity index (χ1) is 12.4. The predicted molar refractivity (Wildman–Crippen MR) is 96.8 cm³/mol. The number of benzene rings is 3. The Bertz CT molecular complexity index is 1120. The molecule has 0 amide bonds. The van der Waals surface area contributed by atoms with Gasteiger partial charge in [-0.05, 0) is 42.5 Å². The van der Waals surface area contributed by atoms with Crippen molar-refractivity contribution < 1.29 is 21.6 Å². The summed E-state index contributed by atoms with van der Waals surface area (Å²) >= 11 is 0. The second-order valence-corrected chi connectivity index (χ2v) is 9.31. The third-order valence-corrected chi connectivity index (χ3v) is 7.40.